The molecule has 0 unspecified atom stereocenters. The summed E-state index contributed by atoms with van der Waals surface area (Å²) in [5, 5.41) is 11.6. The number of thiazole rings is 1. The quantitative estimate of drug-likeness (QED) is 0.432. The minimum atomic E-state index is -0.0528. The molecule has 6 nitrogen and oxygen atoms in total. The van der Waals surface area contributed by atoms with Gasteiger partial charge < -0.3 is 4.57 Å². The van der Waals surface area contributed by atoms with Crippen LogP contribution in [0.4, 0.5) is 10.8 Å². The van der Waals surface area contributed by atoms with Crippen LogP contribution in [-0.2, 0) is 17.1 Å². The highest BCUT2D eigenvalue weighted by Crippen LogP contribution is 2.33. The van der Waals surface area contributed by atoms with Crippen molar-refractivity contribution in [2.24, 2.45) is 0 Å². The van der Waals surface area contributed by atoms with E-state index in [1.165, 1.54) is 11.3 Å². The van der Waals surface area contributed by atoms with Crippen molar-refractivity contribution in [2.75, 3.05) is 4.90 Å². The molecule has 2 aromatic heterocycles. The van der Waals surface area contributed by atoms with E-state index in [1.54, 1.807) is 29.9 Å². The van der Waals surface area contributed by atoms with Crippen LogP contribution in [0.2, 0.25) is 0 Å². The molecule has 0 saturated carbocycles. The maximum Gasteiger partial charge on any atom is 0.230 e. The smallest absolute Gasteiger partial charge is 0.230 e. The predicted molar refractivity (Wildman–Crippen MR) is 111 cm³/mol. The first-order valence-electron chi connectivity index (χ1n) is 8.44. The lowest BCUT2D eigenvalue weighted by atomic mass is 10.1. The summed E-state index contributed by atoms with van der Waals surface area (Å²) in [6.45, 7) is 10.0. The topological polar surface area (TPSA) is 63.9 Å². The van der Waals surface area contributed by atoms with Crippen molar-refractivity contribution in [3.05, 3.63) is 59.4 Å². The van der Waals surface area contributed by atoms with Crippen LogP contribution in [0.3, 0.4) is 0 Å². The molecular weight excluding hydrogens is 378 g/mol. The van der Waals surface area contributed by atoms with E-state index < -0.39 is 0 Å². The number of carbonyl (C=O) groups excluding carboxylic acids is 1. The van der Waals surface area contributed by atoms with Gasteiger partial charge in [0.25, 0.3) is 0 Å². The van der Waals surface area contributed by atoms with Crippen LogP contribution in [0, 0.1) is 13.8 Å². The van der Waals surface area contributed by atoms with Crippen molar-refractivity contribution < 1.29 is 4.79 Å². The number of thioether (sulfide) groups is 1. The zero-order chi connectivity index (χ0) is 19.4. The summed E-state index contributed by atoms with van der Waals surface area (Å²) >= 11 is 3.03. The molecule has 1 aromatic carbocycles. The third kappa shape index (κ3) is 4.28. The van der Waals surface area contributed by atoms with Gasteiger partial charge in [-0.25, -0.2) is 4.98 Å². The summed E-state index contributed by atoms with van der Waals surface area (Å²) in [4.78, 5) is 18.7. The molecule has 27 heavy (non-hydrogen) atoms. The van der Waals surface area contributed by atoms with Crippen molar-refractivity contribution in [2.45, 2.75) is 38.2 Å². The summed E-state index contributed by atoms with van der Waals surface area (Å²) < 4.78 is 1.93. The molecule has 3 rings (SSSR count). The second-order valence-corrected chi connectivity index (χ2v) is 7.82. The molecule has 0 radical (unpaired) electrons. The zero-order valence-corrected chi connectivity index (χ0v) is 17.2. The van der Waals surface area contributed by atoms with Crippen LogP contribution in [-0.4, -0.2) is 25.7 Å². The molecule has 3 aromatic rings. The number of amides is 1. The van der Waals surface area contributed by atoms with Crippen molar-refractivity contribution in [1.29, 1.82) is 0 Å². The molecule has 1 amide bonds. The Kier molecular flexibility index (Phi) is 6.08. The summed E-state index contributed by atoms with van der Waals surface area (Å²) in [6, 6.07) is 5.96. The van der Waals surface area contributed by atoms with Gasteiger partial charge in [-0.3, -0.25) is 9.69 Å². The molecule has 0 atom stereocenters. The fourth-order valence-corrected chi connectivity index (χ4v) is 4.41. The standard InChI is InChI=1S/C19H21N5OS2/c1-5-9-23-12-20-22-19(23)27-11-16-10-26-18(21-16)24(15(4)25)17-8-6-7-13(2)14(17)3/h5-8,10,12H,1,9,11H2,2-4H3. The first kappa shape index (κ1) is 19.3. The second kappa shape index (κ2) is 8.49. The van der Waals surface area contributed by atoms with E-state index in [9.17, 15) is 4.79 Å². The molecule has 0 saturated heterocycles. The Balaban J connectivity index is 1.80. The largest absolute Gasteiger partial charge is 0.305 e. The monoisotopic (exact) mass is 399 g/mol. The highest BCUT2D eigenvalue weighted by atomic mass is 32.2. The van der Waals surface area contributed by atoms with Crippen LogP contribution in [0.1, 0.15) is 23.7 Å². The van der Waals surface area contributed by atoms with Gasteiger partial charge in [0, 0.05) is 24.6 Å². The number of allylic oxidation sites excluding steroid dienone is 1. The van der Waals surface area contributed by atoms with Gasteiger partial charge in [-0.15, -0.1) is 28.1 Å². The van der Waals surface area contributed by atoms with Crippen LogP contribution in [0.15, 0.2) is 47.7 Å². The highest BCUT2D eigenvalue weighted by molar-refractivity contribution is 7.98. The second-order valence-electron chi connectivity index (χ2n) is 6.04. The van der Waals surface area contributed by atoms with E-state index in [1.807, 2.05) is 48.1 Å². The summed E-state index contributed by atoms with van der Waals surface area (Å²) in [6.07, 6.45) is 3.50. The van der Waals surface area contributed by atoms with Crippen molar-refractivity contribution in [3.63, 3.8) is 0 Å². The molecule has 0 fully saturated rings. The molecule has 0 N–H and O–H groups in total. The average Bonchev–Trinajstić information content (AvgIpc) is 3.27. The lowest BCUT2D eigenvalue weighted by Gasteiger charge is -2.21. The van der Waals surface area contributed by atoms with Gasteiger partial charge in [0.1, 0.15) is 6.33 Å². The van der Waals surface area contributed by atoms with Crippen LogP contribution in [0.25, 0.3) is 0 Å². The molecule has 8 heteroatoms. The van der Waals surface area contributed by atoms with E-state index in [-0.39, 0.29) is 5.91 Å². The molecule has 0 bridgehead atoms. The molecule has 2 heterocycles. The van der Waals surface area contributed by atoms with Gasteiger partial charge in [-0.05, 0) is 31.0 Å². The zero-order valence-electron chi connectivity index (χ0n) is 15.5. The average molecular weight is 400 g/mol. The van der Waals surface area contributed by atoms with Crippen LogP contribution < -0.4 is 4.90 Å². The first-order valence-corrected chi connectivity index (χ1v) is 10.3. The Labute approximate surface area is 167 Å². The highest BCUT2D eigenvalue weighted by Gasteiger charge is 2.20. The number of rotatable bonds is 7. The van der Waals surface area contributed by atoms with E-state index in [4.69, 9.17) is 0 Å². The Morgan fingerprint density at radius 1 is 1.41 bits per heavy atom. The number of hydrogen-bond donors (Lipinski definition) is 0. The van der Waals surface area contributed by atoms with E-state index in [2.05, 4.69) is 21.8 Å². The third-order valence-electron chi connectivity index (χ3n) is 4.12. The van der Waals surface area contributed by atoms with Gasteiger partial charge in [0.2, 0.25) is 5.91 Å². The fourth-order valence-electron chi connectivity index (χ4n) is 2.61. The third-order valence-corrected chi connectivity index (χ3v) is 6.01. The van der Waals surface area contributed by atoms with Gasteiger partial charge in [-0.2, -0.15) is 0 Å². The maximum atomic E-state index is 12.3. The number of benzene rings is 1. The Morgan fingerprint density at radius 3 is 2.96 bits per heavy atom. The van der Waals surface area contributed by atoms with E-state index >= 15 is 0 Å². The predicted octanol–water partition coefficient (Wildman–Crippen LogP) is 4.51. The Morgan fingerprint density at radius 2 is 2.22 bits per heavy atom. The van der Waals surface area contributed by atoms with Crippen LogP contribution >= 0.6 is 23.1 Å². The SMILES string of the molecule is C=CCn1cnnc1SCc1csc(N(C(C)=O)c2cccc(C)c2C)n1. The van der Waals surface area contributed by atoms with Gasteiger partial charge in [-0.1, -0.05) is 30.0 Å². The summed E-state index contributed by atoms with van der Waals surface area (Å²) in [5.74, 6) is 0.605. The molecule has 0 aliphatic carbocycles. The molecule has 0 aliphatic rings. The minimum absolute atomic E-state index is 0.0528. The molecule has 0 aliphatic heterocycles. The van der Waals surface area contributed by atoms with Crippen molar-refractivity contribution >= 4 is 39.8 Å². The first-order chi connectivity index (χ1) is 13.0. The van der Waals surface area contributed by atoms with E-state index in [0.29, 0.717) is 17.4 Å². The van der Waals surface area contributed by atoms with Gasteiger partial charge in [0.05, 0.1) is 11.4 Å². The molecule has 140 valence electrons. The number of nitrogens with zero attached hydrogens (tertiary/aromatic N) is 5. The normalized spacial score (nSPS) is 10.8. The number of anilines is 2. The molecular formula is C19H21N5OS2. The Bertz CT molecular complexity index is 963. The van der Waals surface area contributed by atoms with Gasteiger partial charge in [0.15, 0.2) is 10.3 Å². The van der Waals surface area contributed by atoms with Crippen molar-refractivity contribution in [3.8, 4) is 0 Å². The maximum absolute atomic E-state index is 12.3. The van der Waals surface area contributed by atoms with Gasteiger partial charge >= 0.3 is 0 Å². The summed E-state index contributed by atoms with van der Waals surface area (Å²) in [7, 11) is 0. The lowest BCUT2D eigenvalue weighted by Crippen LogP contribution is -2.23. The number of hydrogen-bond acceptors (Lipinski definition) is 6. The fraction of sp³-hybridized carbons (Fsp3) is 0.263. The van der Waals surface area contributed by atoms with Crippen molar-refractivity contribution in [1.82, 2.24) is 19.7 Å². The van der Waals surface area contributed by atoms with Crippen LogP contribution in [0.5, 0.6) is 0 Å². The molecule has 0 spiro atoms. The number of carbonyl (C=O) groups is 1. The number of aryl methyl sites for hydroxylation is 1. The number of aromatic nitrogens is 4. The Hall–Kier alpha value is -2.45. The van der Waals surface area contributed by atoms with E-state index in [0.717, 1.165) is 27.7 Å². The lowest BCUT2D eigenvalue weighted by molar-refractivity contribution is -0.115. The minimum Gasteiger partial charge on any atom is -0.305 e. The summed E-state index contributed by atoms with van der Waals surface area (Å²) in [5.41, 5.74) is 4.01.